The van der Waals surface area contributed by atoms with Gasteiger partial charge in [-0.15, -0.1) is 0 Å². The fraction of sp³-hybridized carbons (Fsp3) is 0.581. The van der Waals surface area contributed by atoms with Gasteiger partial charge in [-0.05, 0) is 73.9 Å². The predicted molar refractivity (Wildman–Crippen MR) is 161 cm³/mol. The van der Waals surface area contributed by atoms with Gasteiger partial charge in [0.1, 0.15) is 5.75 Å². The maximum Gasteiger partial charge on any atom is 0.407 e. The van der Waals surface area contributed by atoms with Crippen LogP contribution in [0, 0.1) is 11.3 Å². The van der Waals surface area contributed by atoms with Gasteiger partial charge in [-0.1, -0.05) is 44.2 Å². The van der Waals surface area contributed by atoms with E-state index in [2.05, 4.69) is 4.72 Å². The molecule has 0 aromatic heterocycles. The molecule has 43 heavy (non-hydrogen) atoms. The van der Waals surface area contributed by atoms with E-state index in [9.17, 15) is 23.4 Å². The molecule has 0 saturated carbocycles. The molecule has 11 nitrogen and oxygen atoms in total. The Bertz CT molecular complexity index is 1290. The number of hydrogen-bond acceptors (Lipinski definition) is 8. The van der Waals surface area contributed by atoms with Crippen molar-refractivity contribution in [1.29, 1.82) is 0 Å². The number of ether oxygens (including phenoxy) is 3. The fourth-order valence-corrected chi connectivity index (χ4v) is 7.55. The average molecular weight is 620 g/mol. The van der Waals surface area contributed by atoms with Gasteiger partial charge in [0.15, 0.2) is 6.29 Å². The summed E-state index contributed by atoms with van der Waals surface area (Å²) in [6.45, 7) is 5.06. The second-order valence-electron chi connectivity index (χ2n) is 12.2. The summed E-state index contributed by atoms with van der Waals surface area (Å²) in [5.74, 6) is 0.323. The molecule has 1 unspecified atom stereocenters. The van der Waals surface area contributed by atoms with Gasteiger partial charge in [-0.25, -0.2) is 17.9 Å². The van der Waals surface area contributed by atoms with Crippen molar-refractivity contribution in [2.75, 3.05) is 26.9 Å². The first kappa shape index (κ1) is 33.2. The summed E-state index contributed by atoms with van der Waals surface area (Å²) >= 11 is 0. The Morgan fingerprint density at radius 3 is 2.49 bits per heavy atom. The number of rotatable bonds is 15. The number of methoxy groups -OCH3 is 1. The van der Waals surface area contributed by atoms with Gasteiger partial charge in [0.05, 0.1) is 49.4 Å². The number of nitrogens with zero attached hydrogens (tertiary/aromatic N) is 1. The number of carboxylic acid groups (broad SMARTS) is 1. The standard InChI is InChI=1S/C31H45N3O8S/c1-31(2,15-7-16-32)19-25(33-43(38,39)23-12-10-22(40-3)11-13-23)28(35)26(18-21-8-5-4-6-9-21)34(30(36)37)27-20-42-29-24(27)14-17-41-29/h4-6,8-13,24-29,33,35H,7,14-20,32H2,1-3H3,(H,36,37)/t24-,25+,26-,27?,28-,29+/m0/s1. The van der Waals surface area contributed by atoms with Gasteiger partial charge >= 0.3 is 6.09 Å². The predicted octanol–water partition coefficient (Wildman–Crippen LogP) is 3.21. The van der Waals surface area contributed by atoms with E-state index >= 15 is 0 Å². The monoisotopic (exact) mass is 619 g/mol. The molecule has 12 heteroatoms. The minimum atomic E-state index is -4.11. The van der Waals surface area contributed by atoms with Gasteiger partial charge in [0, 0.05) is 5.92 Å². The summed E-state index contributed by atoms with van der Waals surface area (Å²) in [5.41, 5.74) is 6.18. The largest absolute Gasteiger partial charge is 0.497 e. The van der Waals surface area contributed by atoms with Crippen LogP contribution >= 0.6 is 0 Å². The Morgan fingerprint density at radius 1 is 1.16 bits per heavy atom. The molecule has 2 saturated heterocycles. The van der Waals surface area contributed by atoms with E-state index in [1.807, 2.05) is 44.2 Å². The van der Waals surface area contributed by atoms with E-state index in [0.717, 1.165) is 12.0 Å². The minimum absolute atomic E-state index is 0.00936. The number of nitrogens with one attached hydrogen (secondary N) is 1. The Hall–Kier alpha value is -2.74. The zero-order valence-corrected chi connectivity index (χ0v) is 25.9. The van der Waals surface area contributed by atoms with Crippen LogP contribution in [0.2, 0.25) is 0 Å². The zero-order valence-electron chi connectivity index (χ0n) is 25.1. The molecule has 1 amide bonds. The molecule has 0 bridgehead atoms. The quantitative estimate of drug-likeness (QED) is 0.235. The van der Waals surface area contributed by atoms with Crippen LogP contribution in [-0.2, 0) is 25.9 Å². The number of amides is 1. The Balaban J connectivity index is 1.73. The maximum atomic E-state index is 13.7. The third-order valence-corrected chi connectivity index (χ3v) is 10.1. The number of sulfonamides is 1. The lowest BCUT2D eigenvalue weighted by Crippen LogP contribution is -2.60. The lowest BCUT2D eigenvalue weighted by Gasteiger charge is -2.42. The van der Waals surface area contributed by atoms with E-state index < -0.39 is 52.1 Å². The highest BCUT2D eigenvalue weighted by molar-refractivity contribution is 7.89. The Labute approximate surface area is 254 Å². The third-order valence-electron chi connectivity index (χ3n) is 8.54. The molecule has 2 fully saturated rings. The van der Waals surface area contributed by atoms with E-state index in [1.165, 1.54) is 24.1 Å². The van der Waals surface area contributed by atoms with Crippen LogP contribution in [0.15, 0.2) is 59.5 Å². The summed E-state index contributed by atoms with van der Waals surface area (Å²) in [5, 5.41) is 22.8. The summed E-state index contributed by atoms with van der Waals surface area (Å²) in [6.07, 6.45) is -0.638. The smallest absolute Gasteiger partial charge is 0.407 e. The van der Waals surface area contributed by atoms with Crippen LogP contribution in [0.1, 0.15) is 45.1 Å². The van der Waals surface area contributed by atoms with Crippen LogP contribution in [0.5, 0.6) is 5.75 Å². The van der Waals surface area contributed by atoms with Gasteiger partial charge in [0.25, 0.3) is 0 Å². The van der Waals surface area contributed by atoms with Crippen LogP contribution in [-0.4, -0.2) is 87.0 Å². The van der Waals surface area contributed by atoms with Crippen molar-refractivity contribution in [2.45, 2.75) is 81.4 Å². The van der Waals surface area contributed by atoms with E-state index in [1.54, 1.807) is 12.1 Å². The molecule has 2 aromatic carbocycles. The van der Waals surface area contributed by atoms with Gasteiger partial charge in [0.2, 0.25) is 10.0 Å². The van der Waals surface area contributed by atoms with Crippen molar-refractivity contribution in [2.24, 2.45) is 17.1 Å². The van der Waals surface area contributed by atoms with Crippen molar-refractivity contribution in [3.8, 4) is 5.75 Å². The molecule has 6 atom stereocenters. The van der Waals surface area contributed by atoms with Crippen molar-refractivity contribution in [1.82, 2.24) is 9.62 Å². The van der Waals surface area contributed by atoms with Gasteiger partial charge in [-0.2, -0.15) is 0 Å². The summed E-state index contributed by atoms with van der Waals surface area (Å²) in [6, 6.07) is 12.7. The number of carbonyl (C=O) groups is 1. The number of benzene rings is 2. The number of aliphatic hydroxyl groups excluding tert-OH is 1. The fourth-order valence-electron chi connectivity index (χ4n) is 6.30. The van der Waals surface area contributed by atoms with Crippen molar-refractivity contribution >= 4 is 16.1 Å². The van der Waals surface area contributed by atoms with Crippen LogP contribution < -0.4 is 15.2 Å². The van der Waals surface area contributed by atoms with Crippen LogP contribution in [0.25, 0.3) is 0 Å². The first-order chi connectivity index (χ1) is 20.5. The first-order valence-corrected chi connectivity index (χ1v) is 16.3. The zero-order chi connectivity index (χ0) is 31.2. The average Bonchev–Trinajstić information content (AvgIpc) is 3.60. The normalized spacial score (nSPS) is 22.5. The van der Waals surface area contributed by atoms with Crippen LogP contribution in [0.4, 0.5) is 4.79 Å². The van der Waals surface area contributed by atoms with Crippen molar-refractivity contribution in [3.05, 3.63) is 60.2 Å². The SMILES string of the molecule is COc1ccc(S(=O)(=O)N[C@H](CC(C)(C)CCCN)[C@H](O)[C@H](Cc2ccccc2)N(C(=O)O)C2CO[C@H]3OCC[C@@H]23)cc1. The number of aliphatic hydroxyl groups is 1. The molecule has 0 aliphatic carbocycles. The number of hydrogen-bond donors (Lipinski definition) is 4. The molecule has 0 radical (unpaired) electrons. The number of nitrogens with two attached hydrogens (primary N) is 1. The highest BCUT2D eigenvalue weighted by Crippen LogP contribution is 2.37. The van der Waals surface area contributed by atoms with Crippen LogP contribution in [0.3, 0.4) is 0 Å². The Kier molecular flexibility index (Phi) is 11.1. The molecule has 238 valence electrons. The first-order valence-electron chi connectivity index (χ1n) is 14.8. The molecular weight excluding hydrogens is 574 g/mol. The molecule has 0 spiro atoms. The second kappa shape index (κ2) is 14.4. The topological polar surface area (TPSA) is 161 Å². The van der Waals surface area contributed by atoms with E-state index in [0.29, 0.717) is 31.7 Å². The minimum Gasteiger partial charge on any atom is -0.497 e. The van der Waals surface area contributed by atoms with E-state index in [4.69, 9.17) is 19.9 Å². The maximum absolute atomic E-state index is 13.7. The highest BCUT2D eigenvalue weighted by atomic mass is 32.2. The Morgan fingerprint density at radius 2 is 1.86 bits per heavy atom. The molecule has 2 aromatic rings. The number of fused-ring (bicyclic) bond motifs is 1. The van der Waals surface area contributed by atoms with Gasteiger partial charge < -0.3 is 30.2 Å². The lowest BCUT2D eigenvalue weighted by atomic mass is 9.78. The van der Waals surface area contributed by atoms with Gasteiger partial charge in [-0.3, -0.25) is 4.90 Å². The molecule has 4 rings (SSSR count). The summed E-state index contributed by atoms with van der Waals surface area (Å²) < 4.78 is 46.8. The molecule has 2 aliphatic heterocycles. The lowest BCUT2D eigenvalue weighted by molar-refractivity contribution is -0.0907. The molecular formula is C31H45N3O8S. The third kappa shape index (κ3) is 8.25. The second-order valence-corrected chi connectivity index (χ2v) is 13.9. The molecule has 2 aliphatic rings. The highest BCUT2D eigenvalue weighted by Gasteiger charge is 2.50. The van der Waals surface area contributed by atoms with E-state index in [-0.39, 0.29) is 30.3 Å². The van der Waals surface area contributed by atoms with Crippen molar-refractivity contribution in [3.63, 3.8) is 0 Å². The molecule has 5 N–H and O–H groups in total. The summed E-state index contributed by atoms with van der Waals surface area (Å²) in [7, 11) is -2.61. The summed E-state index contributed by atoms with van der Waals surface area (Å²) in [4.78, 5) is 14.3. The molecule has 2 heterocycles. The van der Waals surface area contributed by atoms with Crippen molar-refractivity contribution < 1.29 is 37.6 Å².